The van der Waals surface area contributed by atoms with E-state index in [-0.39, 0.29) is 38.5 Å². The van der Waals surface area contributed by atoms with Gasteiger partial charge < -0.3 is 9.88 Å². The summed E-state index contributed by atoms with van der Waals surface area (Å²) in [5.41, 5.74) is -0.0412. The number of carbonyl (C=O) groups is 1. The number of rotatable bonds is 4. The van der Waals surface area contributed by atoms with Gasteiger partial charge in [-0.3, -0.25) is 9.59 Å². The molecule has 1 aromatic carbocycles. The number of anilines is 1. The fourth-order valence-corrected chi connectivity index (χ4v) is 2.61. The number of thioether (sulfide) groups is 1. The van der Waals surface area contributed by atoms with Crippen molar-refractivity contribution in [2.75, 3.05) is 5.32 Å². The third-order valence-electron chi connectivity index (χ3n) is 2.79. The zero-order valence-electron chi connectivity index (χ0n) is 11.3. The second-order valence-electron chi connectivity index (χ2n) is 4.31. The number of hydrogen-bond donors (Lipinski definition) is 1. The van der Waals surface area contributed by atoms with Crippen molar-refractivity contribution in [3.63, 3.8) is 0 Å². The number of benzene rings is 1. The molecule has 1 aromatic heterocycles. The summed E-state index contributed by atoms with van der Waals surface area (Å²) in [5.74, 6) is -3.24. The Balaban J connectivity index is 2.30. The average Bonchev–Trinajstić information content (AvgIpc) is 2.45. The van der Waals surface area contributed by atoms with E-state index in [0.29, 0.717) is 0 Å². The molecule has 0 atom stereocenters. The van der Waals surface area contributed by atoms with Crippen LogP contribution in [0.4, 0.5) is 14.5 Å². The number of carbonyl (C=O) groups excluding carboxylic acids is 1. The summed E-state index contributed by atoms with van der Waals surface area (Å²) < 4.78 is 26.5. The number of amides is 1. The largest absolute Gasteiger partial charge is 0.321 e. The molecule has 4 nitrogen and oxygen atoms in total. The molecule has 0 saturated heterocycles. The number of halogens is 3. The van der Waals surface area contributed by atoms with Gasteiger partial charge in [-0.1, -0.05) is 29.4 Å². The SMILES string of the molecule is Cn1ccc(C(=O)Nc2cccc(Cl)c2SC(F)F)cc1=O. The van der Waals surface area contributed by atoms with Crippen molar-refractivity contribution in [2.45, 2.75) is 10.7 Å². The maximum absolute atomic E-state index is 12.6. The van der Waals surface area contributed by atoms with Crippen molar-refractivity contribution in [3.8, 4) is 0 Å². The minimum absolute atomic E-state index is 0.0800. The molecule has 1 amide bonds. The number of alkyl halides is 2. The lowest BCUT2D eigenvalue weighted by Crippen LogP contribution is -2.20. The first-order valence-electron chi connectivity index (χ1n) is 6.10. The van der Waals surface area contributed by atoms with Crippen molar-refractivity contribution >= 4 is 35.0 Å². The Bertz CT molecular complexity index is 765. The van der Waals surface area contributed by atoms with Gasteiger partial charge in [-0.2, -0.15) is 8.78 Å². The Morgan fingerprint density at radius 2 is 2.09 bits per heavy atom. The Morgan fingerprint density at radius 1 is 1.36 bits per heavy atom. The van der Waals surface area contributed by atoms with E-state index in [1.807, 2.05) is 0 Å². The fourth-order valence-electron chi connectivity index (χ4n) is 1.70. The molecular formula is C14H11ClF2N2O2S. The molecule has 1 heterocycles. The van der Waals surface area contributed by atoms with Crippen LogP contribution in [0, 0.1) is 0 Å². The van der Waals surface area contributed by atoms with Crippen LogP contribution in [-0.4, -0.2) is 16.2 Å². The second-order valence-corrected chi connectivity index (χ2v) is 5.72. The second kappa shape index (κ2) is 6.93. The van der Waals surface area contributed by atoms with Crippen LogP contribution >= 0.6 is 23.4 Å². The lowest BCUT2D eigenvalue weighted by Gasteiger charge is -2.12. The van der Waals surface area contributed by atoms with Gasteiger partial charge in [0.2, 0.25) is 0 Å². The highest BCUT2D eigenvalue weighted by Gasteiger charge is 2.16. The standard InChI is InChI=1S/C14H11ClF2N2O2S/c1-19-6-5-8(7-11(19)20)13(21)18-10-4-2-3-9(15)12(10)22-14(16)17/h2-7,14H,1H3,(H,18,21). The van der Waals surface area contributed by atoms with E-state index in [1.54, 1.807) is 7.05 Å². The topological polar surface area (TPSA) is 51.1 Å². The number of aryl methyl sites for hydroxylation is 1. The molecule has 1 N–H and O–H groups in total. The first-order chi connectivity index (χ1) is 10.4. The third-order valence-corrected chi connectivity index (χ3v) is 4.07. The van der Waals surface area contributed by atoms with Gasteiger partial charge in [0.15, 0.2) is 0 Å². The van der Waals surface area contributed by atoms with E-state index in [4.69, 9.17) is 11.6 Å². The zero-order valence-corrected chi connectivity index (χ0v) is 12.9. The molecule has 22 heavy (non-hydrogen) atoms. The van der Waals surface area contributed by atoms with Crippen molar-refractivity contribution in [3.05, 3.63) is 57.5 Å². The normalized spacial score (nSPS) is 10.8. The summed E-state index contributed by atoms with van der Waals surface area (Å²) in [4.78, 5) is 23.7. The first kappa shape index (κ1) is 16.5. The first-order valence-corrected chi connectivity index (χ1v) is 7.35. The highest BCUT2D eigenvalue weighted by Crippen LogP contribution is 2.37. The maximum Gasteiger partial charge on any atom is 0.289 e. The maximum atomic E-state index is 12.6. The molecule has 8 heteroatoms. The van der Waals surface area contributed by atoms with Crippen LogP contribution in [-0.2, 0) is 7.05 Å². The predicted molar refractivity (Wildman–Crippen MR) is 82.9 cm³/mol. The lowest BCUT2D eigenvalue weighted by atomic mass is 10.2. The van der Waals surface area contributed by atoms with Gasteiger partial charge in [-0.05, 0) is 18.2 Å². The number of nitrogens with zero attached hydrogens (tertiary/aromatic N) is 1. The van der Waals surface area contributed by atoms with E-state index < -0.39 is 11.7 Å². The smallest absolute Gasteiger partial charge is 0.289 e. The summed E-state index contributed by atoms with van der Waals surface area (Å²) in [7, 11) is 1.55. The molecule has 0 aliphatic heterocycles. The average molecular weight is 345 g/mol. The van der Waals surface area contributed by atoms with E-state index in [9.17, 15) is 18.4 Å². The molecule has 0 aliphatic rings. The van der Waals surface area contributed by atoms with Crippen LogP contribution in [0.5, 0.6) is 0 Å². The highest BCUT2D eigenvalue weighted by atomic mass is 35.5. The minimum Gasteiger partial charge on any atom is -0.321 e. The molecule has 0 bridgehead atoms. The molecule has 0 saturated carbocycles. The Morgan fingerprint density at radius 3 is 2.73 bits per heavy atom. The molecular weight excluding hydrogens is 334 g/mol. The van der Waals surface area contributed by atoms with Gasteiger partial charge in [0.25, 0.3) is 17.2 Å². The molecule has 116 valence electrons. The molecule has 0 fully saturated rings. The van der Waals surface area contributed by atoms with Gasteiger partial charge >= 0.3 is 0 Å². The van der Waals surface area contributed by atoms with Gasteiger partial charge in [0, 0.05) is 24.9 Å². The summed E-state index contributed by atoms with van der Waals surface area (Å²) in [6.07, 6.45) is 1.45. The number of pyridine rings is 1. The molecule has 0 unspecified atom stereocenters. The zero-order chi connectivity index (χ0) is 16.3. The molecule has 0 radical (unpaired) electrons. The van der Waals surface area contributed by atoms with Crippen LogP contribution in [0.15, 0.2) is 46.2 Å². The monoisotopic (exact) mass is 344 g/mol. The number of nitrogens with one attached hydrogen (secondary N) is 1. The van der Waals surface area contributed by atoms with Crippen molar-refractivity contribution < 1.29 is 13.6 Å². The third kappa shape index (κ3) is 3.86. The predicted octanol–water partition coefficient (Wildman–Crippen LogP) is 3.61. The van der Waals surface area contributed by atoms with Gasteiger partial charge in [-0.25, -0.2) is 0 Å². The minimum atomic E-state index is -2.67. The van der Waals surface area contributed by atoms with Crippen LogP contribution in [0.25, 0.3) is 0 Å². The molecule has 2 rings (SSSR count). The molecule has 2 aromatic rings. The van der Waals surface area contributed by atoms with Crippen LogP contribution in [0.1, 0.15) is 10.4 Å². The summed E-state index contributed by atoms with van der Waals surface area (Å²) in [5, 5.41) is 2.61. The summed E-state index contributed by atoms with van der Waals surface area (Å²) in [6, 6.07) is 7.09. The Labute approximate surface area is 134 Å². The van der Waals surface area contributed by atoms with Crippen LogP contribution < -0.4 is 10.9 Å². The highest BCUT2D eigenvalue weighted by molar-refractivity contribution is 7.99. The van der Waals surface area contributed by atoms with Crippen LogP contribution in [0.3, 0.4) is 0 Å². The van der Waals surface area contributed by atoms with E-state index in [0.717, 1.165) is 0 Å². The van der Waals surface area contributed by atoms with Crippen molar-refractivity contribution in [1.82, 2.24) is 4.57 Å². The van der Waals surface area contributed by atoms with Crippen LogP contribution in [0.2, 0.25) is 5.02 Å². The number of hydrogen-bond acceptors (Lipinski definition) is 3. The summed E-state index contributed by atoms with van der Waals surface area (Å²) in [6.45, 7) is 0. The van der Waals surface area contributed by atoms with Gasteiger partial charge in [0.05, 0.1) is 15.6 Å². The van der Waals surface area contributed by atoms with Gasteiger partial charge in [-0.15, -0.1) is 0 Å². The van der Waals surface area contributed by atoms with E-state index in [1.165, 1.54) is 41.1 Å². The Hall–Kier alpha value is -1.86. The van der Waals surface area contributed by atoms with E-state index in [2.05, 4.69) is 5.32 Å². The molecule has 0 aliphatic carbocycles. The van der Waals surface area contributed by atoms with Crippen molar-refractivity contribution in [1.29, 1.82) is 0 Å². The van der Waals surface area contributed by atoms with E-state index >= 15 is 0 Å². The van der Waals surface area contributed by atoms with Crippen molar-refractivity contribution in [2.24, 2.45) is 7.05 Å². The Kier molecular flexibility index (Phi) is 5.20. The summed E-state index contributed by atoms with van der Waals surface area (Å²) >= 11 is 6.14. The molecule has 0 spiro atoms. The fraction of sp³-hybridized carbons (Fsp3) is 0.143. The van der Waals surface area contributed by atoms with Gasteiger partial charge in [0.1, 0.15) is 0 Å². The number of aromatic nitrogens is 1. The quantitative estimate of drug-likeness (QED) is 0.862. The lowest BCUT2D eigenvalue weighted by molar-refractivity contribution is 0.102.